The number of rotatable bonds is 17. The van der Waals surface area contributed by atoms with Gasteiger partial charge in [0.2, 0.25) is 5.91 Å². The third-order valence-electron chi connectivity index (χ3n) is 8.53. The molecule has 0 spiro atoms. The molecule has 0 atom stereocenters. The zero-order valence-electron chi connectivity index (χ0n) is 35.1. The number of nitro groups is 1. The molecule has 0 aliphatic heterocycles. The van der Waals surface area contributed by atoms with Gasteiger partial charge in [-0.1, -0.05) is 38.1 Å². The van der Waals surface area contributed by atoms with Crippen LogP contribution in [0.1, 0.15) is 52.7 Å². The fraction of sp³-hybridized carbons (Fsp3) is 0.310. The summed E-state index contributed by atoms with van der Waals surface area (Å²) in [4.78, 5) is 68.5. The highest BCUT2D eigenvalue weighted by Crippen LogP contribution is 2.29. The number of amides is 1. The zero-order chi connectivity index (χ0) is 45.8. The topological polar surface area (TPSA) is 309 Å². The van der Waals surface area contributed by atoms with Crippen LogP contribution in [0, 0.1) is 21.4 Å². The van der Waals surface area contributed by atoms with Crippen LogP contribution in [0.15, 0.2) is 82.6 Å². The number of nitrogens with zero attached hydrogens (tertiary/aromatic N) is 5. The average Bonchev–Trinajstić information content (AvgIpc) is 3.19. The molecule has 10 N–H and O–H groups in total. The van der Waals surface area contributed by atoms with Crippen LogP contribution in [0.3, 0.4) is 0 Å². The average molecular weight is 854 g/mol. The first-order valence-electron chi connectivity index (χ1n) is 19.4. The molecule has 62 heavy (non-hydrogen) atoms. The van der Waals surface area contributed by atoms with Crippen molar-refractivity contribution in [3.8, 4) is 34.0 Å². The van der Waals surface area contributed by atoms with Gasteiger partial charge >= 0.3 is 5.97 Å². The van der Waals surface area contributed by atoms with E-state index in [1.54, 1.807) is 62.5 Å². The summed E-state index contributed by atoms with van der Waals surface area (Å²) in [6, 6.07) is 15.4. The summed E-state index contributed by atoms with van der Waals surface area (Å²) in [5.74, 6) is -0.992. The Morgan fingerprint density at radius 1 is 0.855 bits per heavy atom. The Morgan fingerprint density at radius 3 is 1.90 bits per heavy atom. The smallest absolute Gasteiger partial charge is 0.323 e. The van der Waals surface area contributed by atoms with Gasteiger partial charge in [-0.05, 0) is 57.4 Å². The van der Waals surface area contributed by atoms with Crippen LogP contribution in [0.4, 0.5) is 23.0 Å². The Balaban J connectivity index is 0.000000294. The molecular weight excluding hydrogens is 803 g/mol. The van der Waals surface area contributed by atoms with Crippen LogP contribution in [0.25, 0.3) is 22.5 Å². The van der Waals surface area contributed by atoms with E-state index in [-0.39, 0.29) is 65.6 Å². The van der Waals surface area contributed by atoms with Gasteiger partial charge in [0.05, 0.1) is 41.4 Å². The van der Waals surface area contributed by atoms with Crippen molar-refractivity contribution in [3.05, 3.63) is 115 Å². The molecular formula is C42H51N11O9. The summed E-state index contributed by atoms with van der Waals surface area (Å²) >= 11 is 0. The molecule has 0 bridgehead atoms. The lowest BCUT2D eigenvalue weighted by atomic mass is 10.1. The first-order valence-corrected chi connectivity index (χ1v) is 19.4. The fourth-order valence-electron chi connectivity index (χ4n) is 5.80. The highest BCUT2D eigenvalue weighted by molar-refractivity contribution is 5.94. The van der Waals surface area contributed by atoms with E-state index in [2.05, 4.69) is 25.9 Å². The van der Waals surface area contributed by atoms with Gasteiger partial charge < -0.3 is 42.4 Å². The molecule has 5 aromatic rings. The number of amidine groups is 1. The highest BCUT2D eigenvalue weighted by Gasteiger charge is 2.20. The molecule has 0 aliphatic rings. The molecule has 3 aromatic carbocycles. The number of aromatic hydroxyl groups is 1. The van der Waals surface area contributed by atoms with Crippen LogP contribution in [-0.4, -0.2) is 70.6 Å². The number of aliphatic carboxylic acids is 1. The van der Waals surface area contributed by atoms with E-state index in [0.717, 1.165) is 22.3 Å². The number of phenols is 1. The number of ether oxygens (including phenoxy) is 1. The summed E-state index contributed by atoms with van der Waals surface area (Å²) in [6.45, 7) is 11.4. The number of hydrogen-bond donors (Lipinski definition) is 8. The predicted molar refractivity (Wildman–Crippen MR) is 235 cm³/mol. The van der Waals surface area contributed by atoms with Crippen molar-refractivity contribution in [2.45, 2.75) is 73.3 Å². The Bertz CT molecular complexity index is 2550. The van der Waals surface area contributed by atoms with Gasteiger partial charge in [0, 0.05) is 53.1 Å². The minimum atomic E-state index is -1.26. The summed E-state index contributed by atoms with van der Waals surface area (Å²) in [5.41, 5.74) is 13.3. The number of non-ortho nitro benzene ring substituents is 1. The van der Waals surface area contributed by atoms with E-state index < -0.39 is 34.2 Å². The minimum absolute atomic E-state index is 0.0188. The molecule has 328 valence electrons. The van der Waals surface area contributed by atoms with E-state index in [1.165, 1.54) is 16.8 Å². The maximum atomic E-state index is 13.4. The zero-order valence-corrected chi connectivity index (χ0v) is 35.1. The van der Waals surface area contributed by atoms with Gasteiger partial charge in [-0.3, -0.25) is 43.8 Å². The number of anilines is 3. The summed E-state index contributed by atoms with van der Waals surface area (Å²) < 4.78 is 8.16. The second kappa shape index (κ2) is 21.0. The van der Waals surface area contributed by atoms with Crippen LogP contribution in [0.5, 0.6) is 11.5 Å². The van der Waals surface area contributed by atoms with Crippen molar-refractivity contribution in [2.75, 3.05) is 23.0 Å². The molecule has 0 radical (unpaired) electrons. The van der Waals surface area contributed by atoms with E-state index in [1.807, 2.05) is 27.7 Å². The van der Waals surface area contributed by atoms with E-state index in [4.69, 9.17) is 26.7 Å². The first-order chi connectivity index (χ1) is 29.2. The molecule has 1 amide bonds. The lowest BCUT2D eigenvalue weighted by Crippen LogP contribution is -2.35. The number of carboxylic acids is 1. The molecule has 0 unspecified atom stereocenters. The van der Waals surface area contributed by atoms with Gasteiger partial charge in [-0.25, -0.2) is 9.97 Å². The number of hydrogen-bond acceptors (Lipinski definition) is 14. The molecule has 0 fully saturated rings. The Kier molecular flexibility index (Phi) is 15.9. The number of carbonyl (C=O) groups excluding carboxylic acids is 1. The van der Waals surface area contributed by atoms with Crippen molar-refractivity contribution in [3.63, 3.8) is 0 Å². The standard InChI is InChI=1S/C27H35N7O3.C15H16N4O6/c1-16(2)15-37-22-10-20(9-21(28)11-22)23-13-32-26(33-17(3)4)27(36)34(23)14-24(35)31-12-18-5-7-19(8-6-18)25(29)30;1-8(2)17-14-15(23)18(7-13(21)22)12(6-16-14)9-3-10(19(24)25)5-11(20)4-9/h5-11,13,16-17H,12,14-15,28H2,1-4H3,(H3,29,30)(H,31,35)(H,32,33);3-6,8,20H,7H2,1-2H3,(H,16,17)(H,21,22). The minimum Gasteiger partial charge on any atom is -0.508 e. The lowest BCUT2D eigenvalue weighted by molar-refractivity contribution is -0.384. The Hall–Kier alpha value is -7.77. The van der Waals surface area contributed by atoms with Gasteiger partial charge in [0.15, 0.2) is 11.6 Å². The quantitative estimate of drug-likeness (QED) is 0.0212. The predicted octanol–water partition coefficient (Wildman–Crippen LogP) is 4.38. The number of carboxylic acid groups (broad SMARTS) is 1. The number of benzene rings is 3. The van der Waals surface area contributed by atoms with E-state index in [9.17, 15) is 34.4 Å². The third kappa shape index (κ3) is 13.1. The van der Waals surface area contributed by atoms with E-state index >= 15 is 0 Å². The fourth-order valence-corrected chi connectivity index (χ4v) is 5.80. The summed E-state index contributed by atoms with van der Waals surface area (Å²) in [5, 5.41) is 45.9. The Labute approximate surface area is 356 Å². The monoisotopic (exact) mass is 853 g/mol. The summed E-state index contributed by atoms with van der Waals surface area (Å²) in [6.07, 6.45) is 2.79. The molecule has 0 saturated heterocycles. The lowest BCUT2D eigenvalue weighted by Gasteiger charge is -2.17. The number of nitro benzene ring substituents is 1. The van der Waals surface area contributed by atoms with Crippen LogP contribution in [0.2, 0.25) is 0 Å². The van der Waals surface area contributed by atoms with Crippen molar-refractivity contribution in [2.24, 2.45) is 11.7 Å². The maximum Gasteiger partial charge on any atom is 0.323 e. The number of nitrogens with two attached hydrogens (primary N) is 2. The number of phenolic OH excluding ortho intramolecular Hbond substituents is 1. The van der Waals surface area contributed by atoms with Gasteiger partial charge in [-0.15, -0.1) is 0 Å². The molecule has 0 saturated carbocycles. The molecule has 5 rings (SSSR count). The van der Waals surface area contributed by atoms with Crippen LogP contribution in [-0.2, 0) is 29.2 Å². The van der Waals surface area contributed by atoms with E-state index in [0.29, 0.717) is 40.8 Å². The van der Waals surface area contributed by atoms with Crippen molar-refractivity contribution in [1.82, 2.24) is 24.4 Å². The highest BCUT2D eigenvalue weighted by atomic mass is 16.6. The van der Waals surface area contributed by atoms with Crippen LogP contribution < -0.4 is 43.3 Å². The number of nitrogens with one attached hydrogen (secondary N) is 4. The van der Waals surface area contributed by atoms with Gasteiger partial charge in [0.1, 0.15) is 30.4 Å². The first kappa shape index (κ1) is 46.9. The Morgan fingerprint density at radius 2 is 1.40 bits per heavy atom. The largest absolute Gasteiger partial charge is 0.508 e. The van der Waals surface area contributed by atoms with Crippen molar-refractivity contribution < 1.29 is 29.5 Å². The molecule has 20 nitrogen and oxygen atoms in total. The second-order valence-electron chi connectivity index (χ2n) is 15.1. The molecule has 20 heteroatoms. The SMILES string of the molecule is CC(C)COc1cc(N)cc(-c2cnc(NC(C)C)c(=O)n2CC(=O)NCc2ccc(C(=N)N)cc2)c1.CC(C)Nc1ncc(-c2cc(O)cc([N+](=O)[O-])c2)n(CC(=O)O)c1=O. The number of nitrogen functional groups attached to an aromatic ring is 2. The molecule has 0 aliphatic carbocycles. The molecule has 2 aromatic heterocycles. The van der Waals surface area contributed by atoms with Crippen molar-refractivity contribution in [1.29, 1.82) is 5.41 Å². The van der Waals surface area contributed by atoms with Gasteiger partial charge in [-0.2, -0.15) is 0 Å². The van der Waals surface area contributed by atoms with Gasteiger partial charge in [0.25, 0.3) is 16.8 Å². The second-order valence-corrected chi connectivity index (χ2v) is 15.1. The number of carbonyl (C=O) groups is 2. The summed E-state index contributed by atoms with van der Waals surface area (Å²) in [7, 11) is 0. The van der Waals surface area contributed by atoms with Crippen molar-refractivity contribution >= 4 is 40.7 Å². The third-order valence-corrected chi connectivity index (χ3v) is 8.53. The normalized spacial score (nSPS) is 10.9. The maximum absolute atomic E-state index is 13.4. The number of aromatic nitrogens is 4. The molecule has 2 heterocycles. The van der Waals surface area contributed by atoms with Crippen LogP contribution >= 0.6 is 0 Å².